The molecule has 5 nitrogen and oxygen atoms in total. The van der Waals surface area contributed by atoms with Crippen LogP contribution in [0.1, 0.15) is 11.1 Å². The van der Waals surface area contributed by atoms with Crippen LogP contribution in [0.25, 0.3) is 0 Å². The number of hydrogen-bond donors (Lipinski definition) is 0. The summed E-state index contributed by atoms with van der Waals surface area (Å²) in [5.41, 5.74) is 3.71. The Kier molecular flexibility index (Phi) is 7.14. The fourth-order valence-corrected chi connectivity index (χ4v) is 3.99. The molecule has 0 spiro atoms. The van der Waals surface area contributed by atoms with Gasteiger partial charge in [-0.05, 0) is 43.2 Å². The van der Waals surface area contributed by atoms with E-state index in [1.165, 1.54) is 22.9 Å². The number of rotatable bonds is 6. The van der Waals surface area contributed by atoms with Crippen LogP contribution in [0.15, 0.2) is 47.4 Å². The maximum absolute atomic E-state index is 13.6. The van der Waals surface area contributed by atoms with Crippen molar-refractivity contribution in [1.82, 2.24) is 4.90 Å². The van der Waals surface area contributed by atoms with Gasteiger partial charge in [-0.3, -0.25) is 9.59 Å². The Labute approximate surface area is 174 Å². The number of benzene rings is 2. The summed E-state index contributed by atoms with van der Waals surface area (Å²) in [7, 11) is 0. The van der Waals surface area contributed by atoms with Gasteiger partial charge in [0.15, 0.2) is 6.61 Å². The molecule has 1 aliphatic rings. The van der Waals surface area contributed by atoms with Crippen molar-refractivity contribution in [2.45, 2.75) is 18.7 Å². The highest BCUT2D eigenvalue weighted by atomic mass is 32.2. The van der Waals surface area contributed by atoms with Crippen LogP contribution in [-0.2, 0) is 14.3 Å². The Morgan fingerprint density at radius 1 is 1.03 bits per heavy atom. The molecule has 1 heterocycles. The summed E-state index contributed by atoms with van der Waals surface area (Å²) in [6, 6.07) is 12.5. The molecule has 0 aliphatic carbocycles. The number of nitrogens with zero attached hydrogens (tertiary/aromatic N) is 2. The molecule has 0 bridgehead atoms. The van der Waals surface area contributed by atoms with Crippen LogP contribution >= 0.6 is 11.8 Å². The van der Waals surface area contributed by atoms with E-state index in [4.69, 9.17) is 4.74 Å². The van der Waals surface area contributed by atoms with Crippen LogP contribution in [0.4, 0.5) is 10.1 Å². The lowest BCUT2D eigenvalue weighted by molar-refractivity contribution is -0.150. The third-order valence-electron chi connectivity index (χ3n) is 5.09. The fourth-order valence-electron chi connectivity index (χ4n) is 3.25. The largest absolute Gasteiger partial charge is 0.455 e. The monoisotopic (exact) mass is 416 g/mol. The van der Waals surface area contributed by atoms with Gasteiger partial charge in [0.1, 0.15) is 5.82 Å². The predicted octanol–water partition coefficient (Wildman–Crippen LogP) is 3.43. The van der Waals surface area contributed by atoms with Crippen LogP contribution in [0.2, 0.25) is 0 Å². The first-order valence-electron chi connectivity index (χ1n) is 9.57. The van der Waals surface area contributed by atoms with Gasteiger partial charge in [-0.25, -0.2) is 4.39 Å². The lowest BCUT2D eigenvalue weighted by Gasteiger charge is -2.37. The molecule has 0 N–H and O–H groups in total. The van der Waals surface area contributed by atoms with Crippen molar-refractivity contribution in [3.8, 4) is 0 Å². The summed E-state index contributed by atoms with van der Waals surface area (Å²) >= 11 is 1.06. The van der Waals surface area contributed by atoms with Crippen LogP contribution < -0.4 is 4.90 Å². The van der Waals surface area contributed by atoms with Crippen molar-refractivity contribution in [2.24, 2.45) is 0 Å². The molecule has 0 unspecified atom stereocenters. The van der Waals surface area contributed by atoms with E-state index in [1.54, 1.807) is 23.1 Å². The maximum atomic E-state index is 13.6. The number of aryl methyl sites for hydroxylation is 1. The summed E-state index contributed by atoms with van der Waals surface area (Å²) < 4.78 is 18.6. The predicted molar refractivity (Wildman–Crippen MR) is 113 cm³/mol. The lowest BCUT2D eigenvalue weighted by Crippen LogP contribution is -2.50. The van der Waals surface area contributed by atoms with E-state index in [0.29, 0.717) is 18.0 Å². The average Bonchev–Trinajstić information content (AvgIpc) is 2.73. The molecule has 2 aromatic carbocycles. The summed E-state index contributed by atoms with van der Waals surface area (Å²) in [4.78, 5) is 28.6. The minimum atomic E-state index is -0.527. The number of thioether (sulfide) groups is 1. The van der Waals surface area contributed by atoms with Crippen molar-refractivity contribution in [2.75, 3.05) is 43.4 Å². The Morgan fingerprint density at radius 3 is 2.48 bits per heavy atom. The Hall–Kier alpha value is -2.54. The number of carbonyl (C=O) groups excluding carboxylic acids is 2. The van der Waals surface area contributed by atoms with Gasteiger partial charge in [0.05, 0.1) is 5.75 Å². The van der Waals surface area contributed by atoms with Gasteiger partial charge < -0.3 is 14.5 Å². The van der Waals surface area contributed by atoms with E-state index < -0.39 is 5.97 Å². The van der Waals surface area contributed by atoms with Crippen LogP contribution in [0.3, 0.4) is 0 Å². The summed E-state index contributed by atoms with van der Waals surface area (Å²) in [5.74, 6) is -1.13. The van der Waals surface area contributed by atoms with Gasteiger partial charge in [-0.2, -0.15) is 0 Å². The first-order valence-corrected chi connectivity index (χ1v) is 10.6. The van der Waals surface area contributed by atoms with E-state index in [-0.39, 0.29) is 24.1 Å². The zero-order valence-electron chi connectivity index (χ0n) is 16.7. The average molecular weight is 417 g/mol. The zero-order chi connectivity index (χ0) is 20.8. The zero-order valence-corrected chi connectivity index (χ0v) is 17.5. The molecular formula is C22H25FN2O3S. The molecule has 2 aromatic rings. The molecule has 0 aromatic heterocycles. The van der Waals surface area contributed by atoms with Crippen molar-refractivity contribution < 1.29 is 18.7 Å². The number of esters is 1. The highest BCUT2D eigenvalue weighted by Crippen LogP contribution is 2.24. The highest BCUT2D eigenvalue weighted by Gasteiger charge is 2.23. The van der Waals surface area contributed by atoms with Crippen LogP contribution in [0.5, 0.6) is 0 Å². The second kappa shape index (κ2) is 9.78. The molecule has 0 saturated carbocycles. The maximum Gasteiger partial charge on any atom is 0.316 e. The highest BCUT2D eigenvalue weighted by molar-refractivity contribution is 8.00. The van der Waals surface area contributed by atoms with E-state index >= 15 is 0 Å². The number of piperazine rings is 1. The molecule has 1 saturated heterocycles. The van der Waals surface area contributed by atoms with Gasteiger partial charge >= 0.3 is 5.97 Å². The first kappa shape index (κ1) is 21.2. The second-order valence-corrected chi connectivity index (χ2v) is 7.98. The molecular weight excluding hydrogens is 391 g/mol. The van der Waals surface area contributed by atoms with Gasteiger partial charge in [0, 0.05) is 36.8 Å². The molecule has 1 amide bonds. The van der Waals surface area contributed by atoms with Crippen molar-refractivity contribution in [1.29, 1.82) is 0 Å². The number of anilines is 1. The van der Waals surface area contributed by atoms with Crippen molar-refractivity contribution in [3.05, 3.63) is 59.4 Å². The van der Waals surface area contributed by atoms with E-state index in [9.17, 15) is 14.0 Å². The minimum Gasteiger partial charge on any atom is -0.455 e. The summed E-state index contributed by atoms with van der Waals surface area (Å²) in [5, 5.41) is 0. The third kappa shape index (κ3) is 5.50. The van der Waals surface area contributed by atoms with E-state index in [1.807, 2.05) is 6.07 Å². The molecule has 0 radical (unpaired) electrons. The van der Waals surface area contributed by atoms with Gasteiger partial charge in [-0.15, -0.1) is 11.8 Å². The number of ether oxygens (including phenoxy) is 1. The smallest absolute Gasteiger partial charge is 0.316 e. The molecule has 3 rings (SSSR count). The lowest BCUT2D eigenvalue weighted by atomic mass is 10.1. The number of hydrogen-bond acceptors (Lipinski definition) is 5. The third-order valence-corrected chi connectivity index (χ3v) is 6.11. The number of halogens is 1. The first-order chi connectivity index (χ1) is 14.0. The molecule has 0 atom stereocenters. The van der Waals surface area contributed by atoms with Crippen LogP contribution in [-0.4, -0.2) is 55.3 Å². The fraction of sp³-hybridized carbons (Fsp3) is 0.364. The Morgan fingerprint density at radius 2 is 1.76 bits per heavy atom. The normalized spacial score (nSPS) is 14.0. The second-order valence-electron chi connectivity index (χ2n) is 6.97. The molecule has 7 heteroatoms. The van der Waals surface area contributed by atoms with Gasteiger partial charge in [0.25, 0.3) is 5.91 Å². The molecule has 1 aliphatic heterocycles. The van der Waals surface area contributed by atoms with Crippen LogP contribution in [0, 0.1) is 19.7 Å². The van der Waals surface area contributed by atoms with E-state index in [0.717, 1.165) is 24.9 Å². The Balaban J connectivity index is 1.42. The molecule has 1 fully saturated rings. The molecule has 154 valence electrons. The number of amides is 1. The van der Waals surface area contributed by atoms with Crippen molar-refractivity contribution >= 4 is 29.3 Å². The van der Waals surface area contributed by atoms with Crippen molar-refractivity contribution in [3.63, 3.8) is 0 Å². The SMILES string of the molecule is Cc1cccc(N2CCN(C(=O)COC(=O)CSc3ccccc3F)CC2)c1C. The Bertz CT molecular complexity index is 882. The topological polar surface area (TPSA) is 49.9 Å². The minimum absolute atomic E-state index is 0.0331. The van der Waals surface area contributed by atoms with Gasteiger partial charge in [-0.1, -0.05) is 24.3 Å². The van der Waals surface area contributed by atoms with Gasteiger partial charge in [0.2, 0.25) is 0 Å². The molecule has 29 heavy (non-hydrogen) atoms. The summed E-state index contributed by atoms with van der Waals surface area (Å²) in [6.07, 6.45) is 0. The standard InChI is InChI=1S/C22H25FN2O3S/c1-16-6-5-8-19(17(16)2)24-10-12-25(13-11-24)21(26)14-28-22(27)15-29-20-9-4-3-7-18(20)23/h3-9H,10-15H2,1-2H3. The van der Waals surface area contributed by atoms with E-state index in [2.05, 4.69) is 30.9 Å². The number of carbonyl (C=O) groups is 2. The quantitative estimate of drug-likeness (QED) is 0.533. The summed E-state index contributed by atoms with van der Waals surface area (Å²) in [6.45, 7) is 6.60.